The quantitative estimate of drug-likeness (QED) is 0.582. The lowest BCUT2D eigenvalue weighted by molar-refractivity contribution is -0.136. The molecule has 5 nitrogen and oxygen atoms in total. The van der Waals surface area contributed by atoms with E-state index in [2.05, 4.69) is 10.5 Å². The molecule has 0 aromatic heterocycles. The van der Waals surface area contributed by atoms with Crippen molar-refractivity contribution in [3.05, 3.63) is 0 Å². The molecule has 1 saturated carbocycles. The van der Waals surface area contributed by atoms with Gasteiger partial charge in [-0.05, 0) is 46.5 Å². The summed E-state index contributed by atoms with van der Waals surface area (Å²) in [5.41, 5.74) is 0.823. The van der Waals surface area contributed by atoms with Crippen molar-refractivity contribution < 1.29 is 14.7 Å². The first-order chi connectivity index (χ1) is 8.02. The van der Waals surface area contributed by atoms with Gasteiger partial charge >= 0.3 is 0 Å². The van der Waals surface area contributed by atoms with Gasteiger partial charge in [0.15, 0.2) is 0 Å². The van der Waals surface area contributed by atoms with E-state index in [9.17, 15) is 4.79 Å². The molecule has 0 heterocycles. The number of amides is 1. The van der Waals surface area contributed by atoms with Gasteiger partial charge in [-0.2, -0.15) is 0 Å². The molecule has 1 fully saturated rings. The zero-order valence-corrected chi connectivity index (χ0v) is 10.8. The second kappa shape index (κ2) is 6.59. The molecule has 1 rings (SSSR count). The zero-order chi connectivity index (χ0) is 12.8. The maximum Gasteiger partial charge on any atom is 0.249 e. The van der Waals surface area contributed by atoms with Crippen LogP contribution in [0.15, 0.2) is 5.16 Å². The number of ether oxygens (including phenoxy) is 1. The molecule has 98 valence electrons. The summed E-state index contributed by atoms with van der Waals surface area (Å²) in [5, 5.41) is 14.7. The molecular formula is C12H22N2O3. The highest BCUT2D eigenvalue weighted by molar-refractivity contribution is 5.84. The predicted molar refractivity (Wildman–Crippen MR) is 65.3 cm³/mol. The fourth-order valence-corrected chi connectivity index (χ4v) is 1.91. The molecule has 1 atom stereocenters. The second-order valence-corrected chi connectivity index (χ2v) is 4.81. The Balaban J connectivity index is 2.32. The monoisotopic (exact) mass is 242 g/mol. The van der Waals surface area contributed by atoms with Crippen LogP contribution in [0, 0.1) is 0 Å². The summed E-state index contributed by atoms with van der Waals surface area (Å²) in [4.78, 5) is 11.6. The standard InChI is InChI=1S/C12H22N2O3/c1-8(2)13-12(15)9(3)17-11-6-4-10(14-16)5-7-11/h8-9,11,16H,4-7H2,1-3H3,(H,13,15). The summed E-state index contributed by atoms with van der Waals surface area (Å²) >= 11 is 0. The average molecular weight is 242 g/mol. The number of carbonyl (C=O) groups is 1. The Kier molecular flexibility index (Phi) is 5.41. The Morgan fingerprint density at radius 1 is 1.41 bits per heavy atom. The van der Waals surface area contributed by atoms with E-state index in [1.165, 1.54) is 0 Å². The van der Waals surface area contributed by atoms with Gasteiger partial charge in [0.1, 0.15) is 6.10 Å². The minimum atomic E-state index is -0.421. The van der Waals surface area contributed by atoms with E-state index in [4.69, 9.17) is 9.94 Å². The Morgan fingerprint density at radius 3 is 2.47 bits per heavy atom. The third-order valence-electron chi connectivity index (χ3n) is 2.85. The van der Waals surface area contributed by atoms with Crippen molar-refractivity contribution in [3.8, 4) is 0 Å². The largest absolute Gasteiger partial charge is 0.411 e. The third-order valence-corrected chi connectivity index (χ3v) is 2.85. The minimum Gasteiger partial charge on any atom is -0.411 e. The van der Waals surface area contributed by atoms with Gasteiger partial charge in [-0.15, -0.1) is 0 Å². The van der Waals surface area contributed by atoms with Crippen LogP contribution in [0.5, 0.6) is 0 Å². The first-order valence-corrected chi connectivity index (χ1v) is 6.18. The fourth-order valence-electron chi connectivity index (χ4n) is 1.91. The molecule has 0 radical (unpaired) electrons. The molecule has 0 aromatic carbocycles. The van der Waals surface area contributed by atoms with Gasteiger partial charge in [0.25, 0.3) is 0 Å². The highest BCUT2D eigenvalue weighted by atomic mass is 16.5. The van der Waals surface area contributed by atoms with Crippen LogP contribution in [-0.2, 0) is 9.53 Å². The Morgan fingerprint density at radius 2 is 2.00 bits per heavy atom. The zero-order valence-electron chi connectivity index (χ0n) is 10.8. The van der Waals surface area contributed by atoms with Crippen LogP contribution >= 0.6 is 0 Å². The number of nitrogens with one attached hydrogen (secondary N) is 1. The lowest BCUT2D eigenvalue weighted by Gasteiger charge is -2.26. The molecule has 2 N–H and O–H groups in total. The van der Waals surface area contributed by atoms with E-state index in [0.29, 0.717) is 0 Å². The van der Waals surface area contributed by atoms with Gasteiger partial charge in [0, 0.05) is 6.04 Å². The lowest BCUT2D eigenvalue weighted by atomic mass is 9.96. The molecule has 0 saturated heterocycles. The molecule has 1 unspecified atom stereocenters. The average Bonchev–Trinajstić information content (AvgIpc) is 2.29. The van der Waals surface area contributed by atoms with Crippen LogP contribution in [-0.4, -0.2) is 35.1 Å². The van der Waals surface area contributed by atoms with Crippen LogP contribution in [0.3, 0.4) is 0 Å². The topological polar surface area (TPSA) is 70.9 Å². The third kappa shape index (κ3) is 4.73. The van der Waals surface area contributed by atoms with Gasteiger partial charge < -0.3 is 15.3 Å². The second-order valence-electron chi connectivity index (χ2n) is 4.81. The Hall–Kier alpha value is -1.10. The minimum absolute atomic E-state index is 0.0679. The van der Waals surface area contributed by atoms with Crippen LogP contribution in [0.2, 0.25) is 0 Å². The molecule has 1 aliphatic carbocycles. The molecular weight excluding hydrogens is 220 g/mol. The van der Waals surface area contributed by atoms with Crippen LogP contribution < -0.4 is 5.32 Å². The first-order valence-electron chi connectivity index (χ1n) is 6.18. The van der Waals surface area contributed by atoms with Crippen molar-refractivity contribution in [2.24, 2.45) is 5.16 Å². The maximum absolute atomic E-state index is 11.6. The van der Waals surface area contributed by atoms with Crippen LogP contribution in [0.4, 0.5) is 0 Å². The summed E-state index contributed by atoms with van der Waals surface area (Å²) in [6.45, 7) is 5.62. The van der Waals surface area contributed by atoms with Gasteiger partial charge in [-0.3, -0.25) is 4.79 Å². The number of oxime groups is 1. The number of nitrogens with zero attached hydrogens (tertiary/aromatic N) is 1. The Bertz CT molecular complexity index is 279. The van der Waals surface area contributed by atoms with E-state index in [-0.39, 0.29) is 18.1 Å². The van der Waals surface area contributed by atoms with E-state index in [1.54, 1.807) is 6.92 Å². The van der Waals surface area contributed by atoms with Crippen LogP contribution in [0.1, 0.15) is 46.5 Å². The van der Waals surface area contributed by atoms with Gasteiger partial charge in [-0.25, -0.2) is 0 Å². The van der Waals surface area contributed by atoms with Crippen molar-refractivity contribution >= 4 is 11.6 Å². The SMILES string of the molecule is CC(C)NC(=O)C(C)OC1CCC(=NO)CC1. The van der Waals surface area contributed by atoms with Crippen molar-refractivity contribution in [1.82, 2.24) is 5.32 Å². The summed E-state index contributed by atoms with van der Waals surface area (Å²) in [6, 6.07) is 0.132. The summed E-state index contributed by atoms with van der Waals surface area (Å²) in [6.07, 6.45) is 2.81. The van der Waals surface area contributed by atoms with Gasteiger partial charge in [0.2, 0.25) is 5.91 Å². The molecule has 0 bridgehead atoms. The smallest absolute Gasteiger partial charge is 0.249 e. The van der Waals surface area contributed by atoms with E-state index in [0.717, 1.165) is 31.4 Å². The summed E-state index contributed by atoms with van der Waals surface area (Å²) in [7, 11) is 0. The molecule has 1 amide bonds. The van der Waals surface area contributed by atoms with Crippen molar-refractivity contribution in [1.29, 1.82) is 0 Å². The lowest BCUT2D eigenvalue weighted by Crippen LogP contribution is -2.40. The summed E-state index contributed by atoms with van der Waals surface area (Å²) in [5.74, 6) is -0.0679. The summed E-state index contributed by atoms with van der Waals surface area (Å²) < 4.78 is 5.70. The number of rotatable bonds is 4. The normalized spacial score (nSPS) is 22.4. The maximum atomic E-state index is 11.6. The highest BCUT2D eigenvalue weighted by Gasteiger charge is 2.23. The first kappa shape index (κ1) is 14.0. The Labute approximate surface area is 102 Å². The van der Waals surface area contributed by atoms with Gasteiger partial charge in [-0.1, -0.05) is 5.16 Å². The van der Waals surface area contributed by atoms with Crippen molar-refractivity contribution in [2.45, 2.75) is 64.7 Å². The molecule has 1 aliphatic rings. The van der Waals surface area contributed by atoms with E-state index in [1.807, 2.05) is 13.8 Å². The molecule has 5 heteroatoms. The van der Waals surface area contributed by atoms with Crippen molar-refractivity contribution in [3.63, 3.8) is 0 Å². The number of carbonyl (C=O) groups excluding carboxylic acids is 1. The molecule has 0 aliphatic heterocycles. The van der Waals surface area contributed by atoms with E-state index >= 15 is 0 Å². The van der Waals surface area contributed by atoms with Gasteiger partial charge in [0.05, 0.1) is 11.8 Å². The number of hydrogen-bond acceptors (Lipinski definition) is 4. The van der Waals surface area contributed by atoms with Crippen molar-refractivity contribution in [2.75, 3.05) is 0 Å². The van der Waals surface area contributed by atoms with Crippen LogP contribution in [0.25, 0.3) is 0 Å². The molecule has 0 aromatic rings. The molecule has 0 spiro atoms. The predicted octanol–water partition coefficient (Wildman–Crippen LogP) is 1.69. The van der Waals surface area contributed by atoms with E-state index < -0.39 is 6.10 Å². The molecule has 17 heavy (non-hydrogen) atoms. The highest BCUT2D eigenvalue weighted by Crippen LogP contribution is 2.20. The number of hydrogen-bond donors (Lipinski definition) is 2. The fraction of sp³-hybridized carbons (Fsp3) is 0.833.